The summed E-state index contributed by atoms with van der Waals surface area (Å²) in [7, 11) is 2.75. The molecule has 0 saturated carbocycles. The molecule has 7 heteroatoms. The largest absolute Gasteiger partial charge is 0.496 e. The Labute approximate surface area is 128 Å². The van der Waals surface area contributed by atoms with Crippen LogP contribution in [0.25, 0.3) is 0 Å². The SMILES string of the molecule is COC(=O)CCCNC(=O)COC(=O)c1ccccc1OC. The minimum Gasteiger partial charge on any atom is -0.496 e. The van der Waals surface area contributed by atoms with E-state index in [1.54, 1.807) is 24.3 Å². The van der Waals surface area contributed by atoms with Crippen LogP contribution in [0.1, 0.15) is 23.2 Å². The fraction of sp³-hybridized carbons (Fsp3) is 0.400. The van der Waals surface area contributed by atoms with Crippen molar-refractivity contribution in [2.75, 3.05) is 27.4 Å². The Morgan fingerprint density at radius 1 is 1.14 bits per heavy atom. The lowest BCUT2D eigenvalue weighted by Crippen LogP contribution is -2.30. The summed E-state index contributed by atoms with van der Waals surface area (Å²) < 4.78 is 14.4. The molecule has 0 radical (unpaired) electrons. The second kappa shape index (κ2) is 9.38. The lowest BCUT2D eigenvalue weighted by atomic mass is 10.2. The predicted octanol–water partition coefficient (Wildman–Crippen LogP) is 0.921. The van der Waals surface area contributed by atoms with Gasteiger partial charge in [0.2, 0.25) is 0 Å². The summed E-state index contributed by atoms with van der Waals surface area (Å²) in [6.45, 7) is -0.0880. The van der Waals surface area contributed by atoms with Gasteiger partial charge in [-0.3, -0.25) is 9.59 Å². The molecule has 0 bridgehead atoms. The van der Waals surface area contributed by atoms with Crippen LogP contribution in [-0.4, -0.2) is 45.2 Å². The van der Waals surface area contributed by atoms with Crippen LogP contribution in [0, 0.1) is 0 Å². The first-order chi connectivity index (χ1) is 10.6. The standard InChI is InChI=1S/C15H19NO6/c1-20-12-7-4-3-6-11(12)15(19)22-10-13(17)16-9-5-8-14(18)21-2/h3-4,6-7H,5,8-10H2,1-2H3,(H,16,17). The number of ether oxygens (including phenoxy) is 3. The molecule has 1 amide bonds. The molecule has 0 saturated heterocycles. The fourth-order valence-electron chi connectivity index (χ4n) is 1.64. The molecular weight excluding hydrogens is 290 g/mol. The van der Waals surface area contributed by atoms with E-state index in [1.165, 1.54) is 14.2 Å². The molecule has 120 valence electrons. The van der Waals surface area contributed by atoms with Gasteiger partial charge in [-0.2, -0.15) is 0 Å². The number of carbonyl (C=O) groups excluding carboxylic acids is 3. The van der Waals surface area contributed by atoms with E-state index in [9.17, 15) is 14.4 Å². The second-order valence-electron chi connectivity index (χ2n) is 4.31. The van der Waals surface area contributed by atoms with Crippen molar-refractivity contribution in [1.82, 2.24) is 5.32 Å². The molecule has 0 fully saturated rings. The maximum absolute atomic E-state index is 11.8. The Hall–Kier alpha value is -2.57. The fourth-order valence-corrected chi connectivity index (χ4v) is 1.64. The Bertz CT molecular complexity index is 529. The zero-order valence-corrected chi connectivity index (χ0v) is 12.6. The number of para-hydroxylation sites is 1. The number of esters is 2. The van der Waals surface area contributed by atoms with E-state index in [0.717, 1.165) is 0 Å². The second-order valence-corrected chi connectivity index (χ2v) is 4.31. The molecule has 0 aliphatic heterocycles. The van der Waals surface area contributed by atoms with Crippen molar-refractivity contribution in [2.45, 2.75) is 12.8 Å². The Morgan fingerprint density at radius 2 is 1.86 bits per heavy atom. The average Bonchev–Trinajstić information content (AvgIpc) is 2.56. The van der Waals surface area contributed by atoms with Gasteiger partial charge in [0.1, 0.15) is 11.3 Å². The number of carbonyl (C=O) groups is 3. The molecule has 0 spiro atoms. The zero-order valence-electron chi connectivity index (χ0n) is 12.6. The van der Waals surface area contributed by atoms with Gasteiger partial charge in [0, 0.05) is 13.0 Å². The van der Waals surface area contributed by atoms with Crippen LogP contribution in [-0.2, 0) is 19.1 Å². The lowest BCUT2D eigenvalue weighted by Gasteiger charge is -2.08. The maximum atomic E-state index is 11.8. The molecule has 0 aliphatic rings. The topological polar surface area (TPSA) is 90.9 Å². The summed E-state index contributed by atoms with van der Waals surface area (Å²) in [5, 5.41) is 2.54. The molecule has 22 heavy (non-hydrogen) atoms. The smallest absolute Gasteiger partial charge is 0.342 e. The van der Waals surface area contributed by atoms with E-state index in [0.29, 0.717) is 18.7 Å². The van der Waals surface area contributed by atoms with E-state index < -0.39 is 18.5 Å². The van der Waals surface area contributed by atoms with Gasteiger partial charge in [0.15, 0.2) is 6.61 Å². The van der Waals surface area contributed by atoms with E-state index in [2.05, 4.69) is 10.1 Å². The first-order valence-electron chi connectivity index (χ1n) is 6.72. The van der Waals surface area contributed by atoms with E-state index in [4.69, 9.17) is 9.47 Å². The van der Waals surface area contributed by atoms with Crippen LogP contribution >= 0.6 is 0 Å². The predicted molar refractivity (Wildman–Crippen MR) is 77.5 cm³/mol. The first-order valence-corrected chi connectivity index (χ1v) is 6.72. The molecule has 0 aromatic heterocycles. The van der Waals surface area contributed by atoms with Crippen LogP contribution in [0.15, 0.2) is 24.3 Å². The molecule has 7 nitrogen and oxygen atoms in total. The van der Waals surface area contributed by atoms with Gasteiger partial charge in [0.05, 0.1) is 14.2 Å². The summed E-state index contributed by atoms with van der Waals surface area (Å²) in [6, 6.07) is 6.58. The highest BCUT2D eigenvalue weighted by Gasteiger charge is 2.14. The van der Waals surface area contributed by atoms with Gasteiger partial charge in [-0.1, -0.05) is 12.1 Å². The monoisotopic (exact) mass is 309 g/mol. The highest BCUT2D eigenvalue weighted by atomic mass is 16.5. The Kier molecular flexibility index (Phi) is 7.45. The van der Waals surface area contributed by atoms with Gasteiger partial charge < -0.3 is 19.5 Å². The Morgan fingerprint density at radius 3 is 2.55 bits per heavy atom. The van der Waals surface area contributed by atoms with Gasteiger partial charge in [-0.05, 0) is 18.6 Å². The molecule has 0 aliphatic carbocycles. The first kappa shape index (κ1) is 17.5. The van der Waals surface area contributed by atoms with Gasteiger partial charge in [-0.15, -0.1) is 0 Å². The summed E-state index contributed by atoms with van der Waals surface area (Å²) in [5.41, 5.74) is 0.253. The van der Waals surface area contributed by atoms with Crippen LogP contribution in [0.2, 0.25) is 0 Å². The molecule has 1 N–H and O–H groups in total. The number of hydrogen-bond acceptors (Lipinski definition) is 6. The van der Waals surface area contributed by atoms with Crippen molar-refractivity contribution in [2.24, 2.45) is 0 Å². The molecular formula is C15H19NO6. The van der Waals surface area contributed by atoms with Crippen molar-refractivity contribution in [3.63, 3.8) is 0 Å². The van der Waals surface area contributed by atoms with Crippen LogP contribution in [0.3, 0.4) is 0 Å². The minimum atomic E-state index is -0.637. The van der Waals surface area contributed by atoms with E-state index in [-0.39, 0.29) is 18.0 Å². The lowest BCUT2D eigenvalue weighted by molar-refractivity contribution is -0.140. The van der Waals surface area contributed by atoms with Gasteiger partial charge >= 0.3 is 11.9 Å². The molecule has 1 aromatic carbocycles. The van der Waals surface area contributed by atoms with Crippen LogP contribution in [0.4, 0.5) is 0 Å². The summed E-state index contributed by atoms with van der Waals surface area (Å²) in [5.74, 6) is -1.03. The summed E-state index contributed by atoms with van der Waals surface area (Å²) in [6.07, 6.45) is 0.677. The third-order valence-electron chi connectivity index (χ3n) is 2.77. The van der Waals surface area contributed by atoms with E-state index in [1.807, 2.05) is 0 Å². The number of hydrogen-bond donors (Lipinski definition) is 1. The highest BCUT2D eigenvalue weighted by Crippen LogP contribution is 2.17. The normalized spacial score (nSPS) is 9.73. The Balaban J connectivity index is 2.31. The van der Waals surface area contributed by atoms with Crippen molar-refractivity contribution in [3.8, 4) is 5.75 Å². The molecule has 0 heterocycles. The molecule has 0 atom stereocenters. The molecule has 1 rings (SSSR count). The van der Waals surface area contributed by atoms with Crippen molar-refractivity contribution in [1.29, 1.82) is 0 Å². The average molecular weight is 309 g/mol. The van der Waals surface area contributed by atoms with Crippen LogP contribution < -0.4 is 10.1 Å². The number of methoxy groups -OCH3 is 2. The minimum absolute atomic E-state index is 0.220. The van der Waals surface area contributed by atoms with E-state index >= 15 is 0 Å². The van der Waals surface area contributed by atoms with Crippen LogP contribution in [0.5, 0.6) is 5.75 Å². The zero-order chi connectivity index (χ0) is 16.4. The summed E-state index contributed by atoms with van der Waals surface area (Å²) in [4.78, 5) is 34.2. The van der Waals surface area contributed by atoms with Gasteiger partial charge in [-0.25, -0.2) is 4.79 Å². The molecule has 0 unspecified atom stereocenters. The number of amides is 1. The quantitative estimate of drug-likeness (QED) is 0.567. The van der Waals surface area contributed by atoms with Gasteiger partial charge in [0.25, 0.3) is 5.91 Å². The van der Waals surface area contributed by atoms with Crippen molar-refractivity contribution < 1.29 is 28.6 Å². The number of nitrogens with one attached hydrogen (secondary N) is 1. The molecule has 1 aromatic rings. The third-order valence-corrected chi connectivity index (χ3v) is 2.77. The highest BCUT2D eigenvalue weighted by molar-refractivity contribution is 5.93. The van der Waals surface area contributed by atoms with Crippen molar-refractivity contribution >= 4 is 17.8 Å². The third kappa shape index (κ3) is 5.82. The number of benzene rings is 1. The maximum Gasteiger partial charge on any atom is 0.342 e. The van der Waals surface area contributed by atoms with Crippen molar-refractivity contribution in [3.05, 3.63) is 29.8 Å². The number of rotatable bonds is 8. The summed E-state index contributed by atoms with van der Waals surface area (Å²) >= 11 is 0.